The summed E-state index contributed by atoms with van der Waals surface area (Å²) in [6, 6.07) is 0. The molecule has 90 valence electrons. The highest BCUT2D eigenvalue weighted by atomic mass is 16.3. The number of aryl methyl sites for hydroxylation is 2. The molecule has 0 spiro atoms. The van der Waals surface area contributed by atoms with Crippen molar-refractivity contribution in [1.82, 2.24) is 19.7 Å². The first kappa shape index (κ1) is 11.7. The van der Waals surface area contributed by atoms with E-state index in [1.54, 1.807) is 10.9 Å². The van der Waals surface area contributed by atoms with Gasteiger partial charge in [0.2, 0.25) is 0 Å². The summed E-state index contributed by atoms with van der Waals surface area (Å²) in [6.45, 7) is 7.81. The molecule has 1 N–H and O–H groups in total. The van der Waals surface area contributed by atoms with Crippen LogP contribution in [0.3, 0.4) is 0 Å². The van der Waals surface area contributed by atoms with E-state index in [4.69, 9.17) is 5.11 Å². The van der Waals surface area contributed by atoms with Crippen molar-refractivity contribution in [3.63, 3.8) is 0 Å². The van der Waals surface area contributed by atoms with E-state index in [9.17, 15) is 0 Å². The van der Waals surface area contributed by atoms with Crippen LogP contribution in [0.15, 0.2) is 6.20 Å². The minimum absolute atomic E-state index is 0.0394. The molecule has 0 saturated carbocycles. The van der Waals surface area contributed by atoms with E-state index in [-0.39, 0.29) is 6.61 Å². The second-order valence-electron chi connectivity index (χ2n) is 4.15. The molecular formula is C12H16N4O. The number of nitrogens with zero attached hydrogens (tertiary/aromatic N) is 4. The van der Waals surface area contributed by atoms with Crippen molar-refractivity contribution in [3.05, 3.63) is 34.4 Å². The first-order valence-electron chi connectivity index (χ1n) is 5.51. The van der Waals surface area contributed by atoms with Gasteiger partial charge in [0, 0.05) is 23.1 Å². The molecule has 2 aromatic rings. The van der Waals surface area contributed by atoms with Gasteiger partial charge in [-0.05, 0) is 33.3 Å². The van der Waals surface area contributed by atoms with Crippen LogP contribution in [0.5, 0.6) is 0 Å². The highest BCUT2D eigenvalue weighted by Crippen LogP contribution is 2.15. The fourth-order valence-corrected chi connectivity index (χ4v) is 1.65. The lowest BCUT2D eigenvalue weighted by Gasteiger charge is -2.06. The Morgan fingerprint density at radius 2 is 1.88 bits per heavy atom. The van der Waals surface area contributed by atoms with E-state index < -0.39 is 0 Å². The molecule has 0 aliphatic heterocycles. The number of aliphatic hydroxyl groups excluding tert-OH is 1. The number of rotatable bonds is 2. The molecule has 0 bridgehead atoms. The van der Waals surface area contributed by atoms with Gasteiger partial charge in [0.25, 0.3) is 5.95 Å². The van der Waals surface area contributed by atoms with E-state index in [1.165, 1.54) is 0 Å². The number of aliphatic hydroxyl groups is 1. The maximum Gasteiger partial charge on any atom is 0.250 e. The molecule has 0 radical (unpaired) electrons. The molecule has 2 rings (SSSR count). The molecule has 0 unspecified atom stereocenters. The summed E-state index contributed by atoms with van der Waals surface area (Å²) in [5.74, 6) is 0.549. The second kappa shape index (κ2) is 4.25. The van der Waals surface area contributed by atoms with Crippen molar-refractivity contribution in [2.24, 2.45) is 0 Å². The van der Waals surface area contributed by atoms with Crippen LogP contribution in [-0.4, -0.2) is 24.9 Å². The predicted molar refractivity (Wildman–Crippen MR) is 64.0 cm³/mol. The molecule has 0 aliphatic carbocycles. The Balaban J connectivity index is 2.53. The molecule has 5 nitrogen and oxygen atoms in total. The number of hydrogen-bond acceptors (Lipinski definition) is 4. The minimum Gasteiger partial charge on any atom is -0.392 e. The van der Waals surface area contributed by atoms with Crippen molar-refractivity contribution in [1.29, 1.82) is 0 Å². The van der Waals surface area contributed by atoms with Gasteiger partial charge >= 0.3 is 0 Å². The number of hydrogen-bond donors (Lipinski definition) is 1. The zero-order chi connectivity index (χ0) is 12.6. The van der Waals surface area contributed by atoms with Crippen LogP contribution in [-0.2, 0) is 6.61 Å². The van der Waals surface area contributed by atoms with E-state index in [1.807, 2.05) is 27.7 Å². The minimum atomic E-state index is -0.0394. The monoisotopic (exact) mass is 232 g/mol. The average molecular weight is 232 g/mol. The van der Waals surface area contributed by atoms with Gasteiger partial charge < -0.3 is 5.11 Å². The van der Waals surface area contributed by atoms with Crippen molar-refractivity contribution in [2.75, 3.05) is 0 Å². The highest BCUT2D eigenvalue weighted by Gasteiger charge is 2.11. The first-order chi connectivity index (χ1) is 8.04. The molecule has 0 aliphatic rings. The molecule has 17 heavy (non-hydrogen) atoms. The Labute approximate surface area is 100 Å². The summed E-state index contributed by atoms with van der Waals surface area (Å²) in [7, 11) is 0. The SMILES string of the molecule is Cc1nc(-n2nc(C)c(C)c2C)ncc1CO. The highest BCUT2D eigenvalue weighted by molar-refractivity contribution is 5.29. The van der Waals surface area contributed by atoms with Gasteiger partial charge in [-0.1, -0.05) is 0 Å². The van der Waals surface area contributed by atoms with E-state index in [0.29, 0.717) is 5.95 Å². The third kappa shape index (κ3) is 1.93. The van der Waals surface area contributed by atoms with Crippen LogP contribution in [0, 0.1) is 27.7 Å². The van der Waals surface area contributed by atoms with Crippen LogP contribution in [0.1, 0.15) is 28.2 Å². The molecule has 0 amide bonds. The Bertz CT molecular complexity index is 560. The lowest BCUT2D eigenvalue weighted by molar-refractivity contribution is 0.280. The van der Waals surface area contributed by atoms with Crippen LogP contribution in [0.4, 0.5) is 0 Å². The quantitative estimate of drug-likeness (QED) is 0.849. The first-order valence-corrected chi connectivity index (χ1v) is 5.51. The van der Waals surface area contributed by atoms with Crippen LogP contribution < -0.4 is 0 Å². The summed E-state index contributed by atoms with van der Waals surface area (Å²) in [6.07, 6.45) is 1.64. The molecule has 0 aromatic carbocycles. The lowest BCUT2D eigenvalue weighted by atomic mass is 10.2. The Morgan fingerprint density at radius 1 is 1.18 bits per heavy atom. The zero-order valence-electron chi connectivity index (χ0n) is 10.5. The summed E-state index contributed by atoms with van der Waals surface area (Å²) in [5.41, 5.74) is 4.70. The van der Waals surface area contributed by atoms with Crippen LogP contribution in [0.25, 0.3) is 5.95 Å². The van der Waals surface area contributed by atoms with Crippen molar-refractivity contribution in [2.45, 2.75) is 34.3 Å². The summed E-state index contributed by atoms with van der Waals surface area (Å²) < 4.78 is 1.73. The Kier molecular flexibility index (Phi) is 2.93. The van der Waals surface area contributed by atoms with Crippen LogP contribution in [0.2, 0.25) is 0 Å². The smallest absolute Gasteiger partial charge is 0.250 e. The number of aromatic nitrogens is 4. The third-order valence-corrected chi connectivity index (χ3v) is 3.08. The maximum absolute atomic E-state index is 9.08. The summed E-state index contributed by atoms with van der Waals surface area (Å²) in [4.78, 5) is 8.58. The van der Waals surface area contributed by atoms with Crippen molar-refractivity contribution >= 4 is 0 Å². The Morgan fingerprint density at radius 3 is 2.35 bits per heavy atom. The topological polar surface area (TPSA) is 63.8 Å². The zero-order valence-corrected chi connectivity index (χ0v) is 10.5. The van der Waals surface area contributed by atoms with Gasteiger partial charge in [-0.3, -0.25) is 0 Å². The fraction of sp³-hybridized carbons (Fsp3) is 0.417. The molecule has 2 aromatic heterocycles. The molecule has 5 heteroatoms. The molecule has 2 heterocycles. The second-order valence-corrected chi connectivity index (χ2v) is 4.15. The normalized spacial score (nSPS) is 10.9. The maximum atomic E-state index is 9.08. The molecule has 0 fully saturated rings. The average Bonchev–Trinajstić information content (AvgIpc) is 2.57. The molecule has 0 atom stereocenters. The van der Waals surface area contributed by atoms with Crippen molar-refractivity contribution in [3.8, 4) is 5.95 Å². The van der Waals surface area contributed by atoms with E-state index >= 15 is 0 Å². The van der Waals surface area contributed by atoms with Gasteiger partial charge in [-0.2, -0.15) is 5.10 Å². The largest absolute Gasteiger partial charge is 0.392 e. The van der Waals surface area contributed by atoms with Gasteiger partial charge in [0.1, 0.15) is 0 Å². The lowest BCUT2D eigenvalue weighted by Crippen LogP contribution is -2.07. The van der Waals surface area contributed by atoms with E-state index in [0.717, 1.165) is 28.2 Å². The van der Waals surface area contributed by atoms with E-state index in [2.05, 4.69) is 15.1 Å². The van der Waals surface area contributed by atoms with Gasteiger partial charge in [-0.15, -0.1) is 0 Å². The van der Waals surface area contributed by atoms with Gasteiger partial charge in [0.15, 0.2) is 0 Å². The van der Waals surface area contributed by atoms with Gasteiger partial charge in [-0.25, -0.2) is 14.6 Å². The standard InChI is InChI=1S/C12H16N4O/c1-7-8(2)15-16(10(7)4)12-13-5-11(6-17)9(3)14-12/h5,17H,6H2,1-4H3. The predicted octanol–water partition coefficient (Wildman–Crippen LogP) is 1.39. The van der Waals surface area contributed by atoms with Crippen molar-refractivity contribution < 1.29 is 5.11 Å². The summed E-state index contributed by atoms with van der Waals surface area (Å²) >= 11 is 0. The molecular weight excluding hydrogens is 216 g/mol. The Hall–Kier alpha value is -1.75. The fourth-order valence-electron chi connectivity index (χ4n) is 1.65. The molecule has 0 saturated heterocycles. The third-order valence-electron chi connectivity index (χ3n) is 3.08. The van der Waals surface area contributed by atoms with Crippen LogP contribution >= 0.6 is 0 Å². The van der Waals surface area contributed by atoms with Gasteiger partial charge in [0.05, 0.1) is 12.3 Å². The summed E-state index contributed by atoms with van der Waals surface area (Å²) in [5, 5.41) is 13.5.